The second kappa shape index (κ2) is 15.1. The van der Waals surface area contributed by atoms with Gasteiger partial charge in [-0.25, -0.2) is 27.3 Å². The molecule has 50 heavy (non-hydrogen) atoms. The van der Waals surface area contributed by atoms with Crippen molar-refractivity contribution in [2.75, 3.05) is 13.1 Å². The molecule has 5 aromatic rings. The van der Waals surface area contributed by atoms with Crippen molar-refractivity contribution in [2.24, 2.45) is 0 Å². The second-order valence-electron chi connectivity index (χ2n) is 12.3. The SMILES string of the molecule is CCCc1nc2ccn(CC(=O)N3CCCCC3)c(=O)c2n1Cc1ccc(-c2ccccc2S(=O)(=O)NC(=O)OCc2ccccc2)cc1F. The van der Waals surface area contributed by atoms with Gasteiger partial charge in [0, 0.05) is 36.8 Å². The molecule has 6 rings (SSSR count). The van der Waals surface area contributed by atoms with Crippen LogP contribution in [0.2, 0.25) is 0 Å². The summed E-state index contributed by atoms with van der Waals surface area (Å²) < 4.78 is 52.6. The summed E-state index contributed by atoms with van der Waals surface area (Å²) in [4.78, 5) is 45.4. The summed E-state index contributed by atoms with van der Waals surface area (Å²) in [5.41, 5.74) is 1.77. The molecule has 1 N–H and O–H groups in total. The van der Waals surface area contributed by atoms with Crippen LogP contribution in [0, 0.1) is 5.82 Å². The van der Waals surface area contributed by atoms with Crippen LogP contribution in [0.15, 0.2) is 94.7 Å². The van der Waals surface area contributed by atoms with Crippen LogP contribution in [0.4, 0.5) is 9.18 Å². The highest BCUT2D eigenvalue weighted by Gasteiger charge is 2.24. The van der Waals surface area contributed by atoms with E-state index in [1.165, 1.54) is 28.8 Å². The van der Waals surface area contributed by atoms with Gasteiger partial charge in [-0.2, -0.15) is 0 Å². The number of likely N-dealkylation sites (tertiary alicyclic amines) is 1. The number of hydrogen-bond donors (Lipinski definition) is 1. The zero-order valence-electron chi connectivity index (χ0n) is 27.7. The minimum Gasteiger partial charge on any atom is -0.444 e. The first-order chi connectivity index (χ1) is 24.1. The highest BCUT2D eigenvalue weighted by molar-refractivity contribution is 7.90. The lowest BCUT2D eigenvalue weighted by atomic mass is 10.0. The Bertz CT molecular complexity index is 2190. The van der Waals surface area contributed by atoms with Gasteiger partial charge < -0.3 is 18.8 Å². The third kappa shape index (κ3) is 7.62. The number of nitrogens with zero attached hydrogens (tertiary/aromatic N) is 4. The predicted octanol–water partition coefficient (Wildman–Crippen LogP) is 5.63. The molecule has 2 aromatic heterocycles. The van der Waals surface area contributed by atoms with E-state index >= 15 is 4.39 Å². The van der Waals surface area contributed by atoms with Crippen LogP contribution in [-0.2, 0) is 45.7 Å². The highest BCUT2D eigenvalue weighted by Crippen LogP contribution is 2.29. The first kappa shape index (κ1) is 34.6. The van der Waals surface area contributed by atoms with Crippen LogP contribution in [0.1, 0.15) is 49.6 Å². The average molecular weight is 700 g/mol. The van der Waals surface area contributed by atoms with E-state index in [4.69, 9.17) is 4.74 Å². The van der Waals surface area contributed by atoms with Crippen molar-refractivity contribution < 1.29 is 27.1 Å². The molecule has 0 atom stereocenters. The number of halogens is 1. The summed E-state index contributed by atoms with van der Waals surface area (Å²) in [7, 11) is -4.39. The number of hydrogen-bond acceptors (Lipinski definition) is 7. The van der Waals surface area contributed by atoms with E-state index in [-0.39, 0.29) is 58.3 Å². The molecule has 0 unspecified atom stereocenters. The van der Waals surface area contributed by atoms with E-state index < -0.39 is 21.9 Å². The van der Waals surface area contributed by atoms with Crippen molar-refractivity contribution in [3.63, 3.8) is 0 Å². The fraction of sp³-hybridized carbons (Fsp3) is 0.297. The predicted molar refractivity (Wildman–Crippen MR) is 186 cm³/mol. The number of piperidine rings is 1. The quantitative estimate of drug-likeness (QED) is 0.189. The number of imidazole rings is 1. The molecule has 1 aliphatic rings. The Hall–Kier alpha value is -5.30. The lowest BCUT2D eigenvalue weighted by Crippen LogP contribution is -2.39. The van der Waals surface area contributed by atoms with Gasteiger partial charge in [-0.15, -0.1) is 0 Å². The van der Waals surface area contributed by atoms with E-state index in [9.17, 15) is 22.8 Å². The smallest absolute Gasteiger partial charge is 0.421 e. The molecule has 1 fully saturated rings. The Kier molecular flexibility index (Phi) is 10.4. The third-order valence-electron chi connectivity index (χ3n) is 8.74. The number of benzene rings is 3. The molecule has 11 nitrogen and oxygen atoms in total. The number of ether oxygens (including phenoxy) is 1. The first-order valence-electron chi connectivity index (χ1n) is 16.6. The van der Waals surface area contributed by atoms with E-state index in [0.29, 0.717) is 36.4 Å². The average Bonchev–Trinajstić information content (AvgIpc) is 3.47. The van der Waals surface area contributed by atoms with Crippen molar-refractivity contribution in [1.29, 1.82) is 0 Å². The number of nitrogens with one attached hydrogen (secondary N) is 1. The number of aromatic nitrogens is 3. The zero-order valence-corrected chi connectivity index (χ0v) is 28.5. The molecule has 0 bridgehead atoms. The van der Waals surface area contributed by atoms with Gasteiger partial charge in [-0.05, 0) is 55.0 Å². The number of carbonyl (C=O) groups excluding carboxylic acids is 2. The summed E-state index contributed by atoms with van der Waals surface area (Å²) in [6.07, 6.45) is 4.70. The van der Waals surface area contributed by atoms with Gasteiger partial charge in [0.2, 0.25) is 5.91 Å². The number of aryl methyl sites for hydroxylation is 1. The van der Waals surface area contributed by atoms with Gasteiger partial charge in [0.1, 0.15) is 30.3 Å². The molecule has 1 aliphatic heterocycles. The van der Waals surface area contributed by atoms with Gasteiger partial charge in [0.05, 0.1) is 17.0 Å². The van der Waals surface area contributed by atoms with E-state index in [1.807, 2.05) is 17.7 Å². The lowest BCUT2D eigenvalue weighted by molar-refractivity contribution is -0.132. The monoisotopic (exact) mass is 699 g/mol. The summed E-state index contributed by atoms with van der Waals surface area (Å²) >= 11 is 0. The first-order valence-corrected chi connectivity index (χ1v) is 18.1. The van der Waals surface area contributed by atoms with Gasteiger partial charge in [0.25, 0.3) is 15.6 Å². The summed E-state index contributed by atoms with van der Waals surface area (Å²) in [5, 5.41) is 0. The standard InChI is InChI=1S/C37H38FN5O6S/c1-2-11-33-39-31-18-21-42(24-34(44)41-19-9-4-10-20-41)36(45)35(31)43(33)23-28-17-16-27(22-30(28)38)29-14-7-8-15-32(29)50(47,48)40-37(46)49-25-26-12-5-3-6-13-26/h3,5-8,12-18,21-22H,2,4,9-11,19-20,23-25H2,1H3,(H,40,46). The van der Waals surface area contributed by atoms with Gasteiger partial charge >= 0.3 is 6.09 Å². The van der Waals surface area contributed by atoms with Crippen LogP contribution in [0.5, 0.6) is 0 Å². The number of sulfonamides is 1. The molecule has 0 aliphatic carbocycles. The van der Waals surface area contributed by atoms with Crippen LogP contribution < -0.4 is 10.3 Å². The van der Waals surface area contributed by atoms with Crippen LogP contribution in [-0.4, -0.2) is 52.5 Å². The largest absolute Gasteiger partial charge is 0.444 e. The van der Waals surface area contributed by atoms with Crippen molar-refractivity contribution in [3.05, 3.63) is 118 Å². The Morgan fingerprint density at radius 1 is 0.960 bits per heavy atom. The van der Waals surface area contributed by atoms with Crippen LogP contribution in [0.25, 0.3) is 22.2 Å². The zero-order chi connectivity index (χ0) is 35.3. The number of fused-ring (bicyclic) bond motifs is 1. The lowest BCUT2D eigenvalue weighted by Gasteiger charge is -2.26. The number of amides is 2. The molecular formula is C37H38FN5O6S. The molecule has 260 valence electrons. The minimum absolute atomic E-state index is 0.00791. The summed E-state index contributed by atoms with van der Waals surface area (Å²) in [6.45, 7) is 3.13. The molecular weight excluding hydrogens is 662 g/mol. The molecule has 3 heterocycles. The number of rotatable bonds is 11. The molecule has 1 saturated heterocycles. The Labute approximate surface area is 289 Å². The molecule has 0 radical (unpaired) electrons. The van der Waals surface area contributed by atoms with Crippen molar-refractivity contribution >= 4 is 33.1 Å². The summed E-state index contributed by atoms with van der Waals surface area (Å²) in [5.74, 6) is -0.121. The fourth-order valence-electron chi connectivity index (χ4n) is 6.19. The Morgan fingerprint density at radius 3 is 2.44 bits per heavy atom. The van der Waals surface area contributed by atoms with E-state index in [2.05, 4.69) is 4.98 Å². The minimum atomic E-state index is -4.39. The maximum atomic E-state index is 15.9. The molecule has 0 saturated carbocycles. The second-order valence-corrected chi connectivity index (χ2v) is 13.9. The van der Waals surface area contributed by atoms with Crippen molar-refractivity contribution in [1.82, 2.24) is 23.7 Å². The fourth-order valence-corrected chi connectivity index (χ4v) is 7.32. The molecule has 2 amide bonds. The highest BCUT2D eigenvalue weighted by atomic mass is 32.2. The molecule has 3 aromatic carbocycles. The Morgan fingerprint density at radius 2 is 1.70 bits per heavy atom. The maximum Gasteiger partial charge on any atom is 0.421 e. The van der Waals surface area contributed by atoms with Crippen LogP contribution >= 0.6 is 0 Å². The Balaban J connectivity index is 1.26. The maximum absolute atomic E-state index is 15.9. The number of carbonyl (C=O) groups is 2. The van der Waals surface area contributed by atoms with Gasteiger partial charge in [0.15, 0.2) is 0 Å². The summed E-state index contributed by atoms with van der Waals surface area (Å²) in [6, 6.07) is 20.9. The van der Waals surface area contributed by atoms with Crippen molar-refractivity contribution in [3.8, 4) is 11.1 Å². The topological polar surface area (TPSA) is 133 Å². The van der Waals surface area contributed by atoms with E-state index in [0.717, 1.165) is 25.7 Å². The van der Waals surface area contributed by atoms with E-state index in [1.54, 1.807) is 64.2 Å². The molecule has 0 spiro atoms. The number of pyridine rings is 1. The molecule has 13 heteroatoms. The van der Waals surface area contributed by atoms with Gasteiger partial charge in [-0.1, -0.05) is 67.6 Å². The normalized spacial score (nSPS) is 13.4. The van der Waals surface area contributed by atoms with Gasteiger partial charge in [-0.3, -0.25) is 9.59 Å². The van der Waals surface area contributed by atoms with Crippen molar-refractivity contribution in [2.45, 2.75) is 63.6 Å². The third-order valence-corrected chi connectivity index (χ3v) is 10.1. The van der Waals surface area contributed by atoms with Crippen LogP contribution in [0.3, 0.4) is 0 Å².